The number of nitrogens with zero attached hydrogens (tertiary/aromatic N) is 3. The second-order valence-corrected chi connectivity index (χ2v) is 15.4. The Balaban J connectivity index is 1.50. The molecule has 48 heavy (non-hydrogen) atoms. The molecular formula is C38H56N4O6. The first-order chi connectivity index (χ1) is 22.6. The summed E-state index contributed by atoms with van der Waals surface area (Å²) >= 11 is 0. The van der Waals surface area contributed by atoms with Gasteiger partial charge in [-0.2, -0.15) is 5.06 Å². The smallest absolute Gasteiger partial charge is 0.335 e. The Labute approximate surface area is 286 Å². The Morgan fingerprint density at radius 1 is 1.15 bits per heavy atom. The van der Waals surface area contributed by atoms with Crippen LogP contribution >= 0.6 is 0 Å². The van der Waals surface area contributed by atoms with E-state index in [1.165, 1.54) is 6.42 Å². The van der Waals surface area contributed by atoms with Gasteiger partial charge in [-0.15, -0.1) is 0 Å². The first-order valence-corrected chi connectivity index (χ1v) is 17.5. The van der Waals surface area contributed by atoms with E-state index in [1.54, 1.807) is 24.1 Å². The zero-order chi connectivity index (χ0) is 35.1. The number of likely N-dealkylation sites (N-methyl/N-ethyl adjacent to an activating group) is 1. The third-order valence-electron chi connectivity index (χ3n) is 11.5. The lowest BCUT2D eigenvalue weighted by Crippen LogP contribution is -2.62. The Bertz CT molecular complexity index is 1480. The van der Waals surface area contributed by atoms with Gasteiger partial charge in [0.05, 0.1) is 24.3 Å². The number of ether oxygens (including phenoxy) is 1. The van der Waals surface area contributed by atoms with Crippen molar-refractivity contribution in [2.24, 2.45) is 29.1 Å². The molecule has 2 aromatic carbocycles. The van der Waals surface area contributed by atoms with Crippen molar-refractivity contribution in [3.63, 3.8) is 0 Å². The molecule has 1 aliphatic heterocycles. The standard InChI is InChI=1S/C38H56N4O6/c1-10-32-33(23(3)43)34(36(44)39-31-20-27-19-30(22(31)2)38(27,4)5)42(48-32)21-24-12-11-13-29(35(24)47-15-14-40(6)7)25-16-26(37(45)46)18-28(17-25)41(8)9/h11-13,16-18,22-23,27,30-34,43H,10,14-15,19-21H2,1-9H3,(H,39,44)(H,45,46)/t22-,23-,27+,30-,31-,32-,33+,34-/m0/s1. The largest absolute Gasteiger partial charge is 0.491 e. The zero-order valence-electron chi connectivity index (χ0n) is 30.2. The number of benzene rings is 2. The fourth-order valence-corrected chi connectivity index (χ4v) is 8.43. The van der Waals surface area contributed by atoms with Crippen molar-refractivity contribution in [1.82, 2.24) is 15.3 Å². The number of carbonyl (C=O) groups is 2. The topological polar surface area (TPSA) is 115 Å². The number of para-hydroxylation sites is 1. The van der Waals surface area contributed by atoms with E-state index in [1.807, 2.05) is 69.2 Å². The maximum Gasteiger partial charge on any atom is 0.335 e. The summed E-state index contributed by atoms with van der Waals surface area (Å²) in [4.78, 5) is 36.8. The molecule has 10 nitrogen and oxygen atoms in total. The lowest BCUT2D eigenvalue weighted by atomic mass is 9.45. The average molecular weight is 665 g/mol. The van der Waals surface area contributed by atoms with Gasteiger partial charge in [0, 0.05) is 49.4 Å². The predicted octanol–water partition coefficient (Wildman–Crippen LogP) is 5.14. The van der Waals surface area contributed by atoms with E-state index in [0.717, 1.165) is 28.8 Å². The Morgan fingerprint density at radius 3 is 2.46 bits per heavy atom. The van der Waals surface area contributed by atoms with Crippen LogP contribution in [0, 0.1) is 29.1 Å². The molecule has 4 aliphatic rings. The number of aromatic carboxylic acids is 1. The lowest BCUT2D eigenvalue weighted by molar-refractivity contribution is -0.178. The minimum absolute atomic E-state index is 0.0899. The molecule has 4 fully saturated rings. The monoisotopic (exact) mass is 664 g/mol. The van der Waals surface area contributed by atoms with Crippen LogP contribution in [0.15, 0.2) is 36.4 Å². The van der Waals surface area contributed by atoms with Crippen LogP contribution in [0.5, 0.6) is 5.75 Å². The van der Waals surface area contributed by atoms with E-state index >= 15 is 0 Å². The molecule has 3 aliphatic carbocycles. The van der Waals surface area contributed by atoms with E-state index in [0.29, 0.717) is 48.5 Å². The number of aliphatic hydroxyl groups excluding tert-OH is 1. The van der Waals surface area contributed by atoms with Crippen molar-refractivity contribution < 1.29 is 29.4 Å². The van der Waals surface area contributed by atoms with Gasteiger partial charge in [0.1, 0.15) is 18.4 Å². The molecule has 1 heterocycles. The van der Waals surface area contributed by atoms with E-state index < -0.39 is 24.0 Å². The van der Waals surface area contributed by atoms with Crippen LogP contribution in [0.1, 0.15) is 69.8 Å². The van der Waals surface area contributed by atoms with Gasteiger partial charge in [-0.1, -0.05) is 45.9 Å². The highest BCUT2D eigenvalue weighted by molar-refractivity contribution is 5.92. The summed E-state index contributed by atoms with van der Waals surface area (Å²) in [5.74, 6) is 0.664. The second-order valence-electron chi connectivity index (χ2n) is 15.4. The summed E-state index contributed by atoms with van der Waals surface area (Å²) in [6.45, 7) is 12.1. The molecule has 10 heteroatoms. The van der Waals surface area contributed by atoms with Crippen LogP contribution in [-0.2, 0) is 16.2 Å². The summed E-state index contributed by atoms with van der Waals surface area (Å²) in [5.41, 5.74) is 3.55. The van der Waals surface area contributed by atoms with Gasteiger partial charge in [0.25, 0.3) is 0 Å². The van der Waals surface area contributed by atoms with Crippen molar-refractivity contribution in [3.8, 4) is 16.9 Å². The quantitative estimate of drug-likeness (QED) is 0.268. The van der Waals surface area contributed by atoms with Crippen LogP contribution in [0.4, 0.5) is 5.69 Å². The molecule has 3 N–H and O–H groups in total. The van der Waals surface area contributed by atoms with E-state index in [2.05, 4.69) is 26.1 Å². The molecule has 2 bridgehead atoms. The normalized spacial score (nSPS) is 28.5. The first kappa shape index (κ1) is 36.1. The van der Waals surface area contributed by atoms with Crippen molar-refractivity contribution in [2.45, 2.75) is 84.7 Å². The van der Waals surface area contributed by atoms with Gasteiger partial charge in [0.15, 0.2) is 0 Å². The summed E-state index contributed by atoms with van der Waals surface area (Å²) in [6, 6.07) is 10.5. The Morgan fingerprint density at radius 2 is 1.88 bits per heavy atom. The number of aliphatic hydroxyl groups is 1. The van der Waals surface area contributed by atoms with E-state index in [4.69, 9.17) is 9.57 Å². The van der Waals surface area contributed by atoms with Crippen molar-refractivity contribution >= 4 is 17.6 Å². The highest BCUT2D eigenvalue weighted by atomic mass is 16.7. The minimum atomic E-state index is -1.01. The zero-order valence-corrected chi connectivity index (χ0v) is 30.2. The summed E-state index contributed by atoms with van der Waals surface area (Å²) in [6.07, 6.45) is 1.77. The Hall–Kier alpha value is -3.18. The molecular weight excluding hydrogens is 608 g/mol. The predicted molar refractivity (Wildman–Crippen MR) is 188 cm³/mol. The molecule has 264 valence electrons. The highest BCUT2D eigenvalue weighted by Gasteiger charge is 2.57. The van der Waals surface area contributed by atoms with E-state index in [-0.39, 0.29) is 30.2 Å². The second kappa shape index (κ2) is 14.4. The number of hydrogen-bond acceptors (Lipinski definition) is 8. The number of nitrogens with one attached hydrogen (secondary N) is 1. The number of fused-ring (bicyclic) bond motifs is 2. The summed E-state index contributed by atoms with van der Waals surface area (Å²) in [7, 11) is 7.73. The molecule has 0 radical (unpaired) electrons. The lowest BCUT2D eigenvalue weighted by Gasteiger charge is -2.62. The molecule has 1 amide bonds. The fourth-order valence-electron chi connectivity index (χ4n) is 8.43. The van der Waals surface area contributed by atoms with Gasteiger partial charge in [0.2, 0.25) is 5.91 Å². The molecule has 1 saturated heterocycles. The first-order valence-electron chi connectivity index (χ1n) is 17.5. The van der Waals surface area contributed by atoms with Crippen LogP contribution in [0.25, 0.3) is 11.1 Å². The molecule has 0 aromatic heterocycles. The third-order valence-corrected chi connectivity index (χ3v) is 11.5. The fraction of sp³-hybridized carbons (Fsp3) is 0.632. The minimum Gasteiger partial charge on any atom is -0.491 e. The van der Waals surface area contributed by atoms with Gasteiger partial charge in [-0.05, 0) is 87.2 Å². The van der Waals surface area contributed by atoms with Crippen LogP contribution in [0.3, 0.4) is 0 Å². The van der Waals surface area contributed by atoms with Crippen molar-refractivity contribution in [3.05, 3.63) is 47.5 Å². The number of carboxylic acids is 1. The Kier molecular flexibility index (Phi) is 10.8. The highest BCUT2D eigenvalue weighted by Crippen LogP contribution is 2.61. The van der Waals surface area contributed by atoms with Gasteiger partial charge in [-0.3, -0.25) is 9.63 Å². The molecule has 0 unspecified atom stereocenters. The molecule has 8 atom stereocenters. The van der Waals surface area contributed by atoms with E-state index in [9.17, 15) is 19.8 Å². The number of carboxylic acid groups (broad SMARTS) is 1. The van der Waals surface area contributed by atoms with Gasteiger partial charge >= 0.3 is 5.97 Å². The maximum absolute atomic E-state index is 14.3. The third kappa shape index (κ3) is 7.08. The molecule has 2 aromatic rings. The van der Waals surface area contributed by atoms with Crippen molar-refractivity contribution in [1.29, 1.82) is 0 Å². The molecule has 6 rings (SSSR count). The number of anilines is 1. The van der Waals surface area contributed by atoms with Crippen molar-refractivity contribution in [2.75, 3.05) is 46.2 Å². The summed E-state index contributed by atoms with van der Waals surface area (Å²) in [5, 5.41) is 26.1. The maximum atomic E-state index is 14.3. The molecule has 3 saturated carbocycles. The number of carbonyl (C=O) groups excluding carboxylic acids is 1. The van der Waals surface area contributed by atoms with Gasteiger partial charge < -0.3 is 30.1 Å². The van der Waals surface area contributed by atoms with Gasteiger partial charge in [-0.25, -0.2) is 4.79 Å². The van der Waals surface area contributed by atoms with Crippen LogP contribution < -0.4 is 15.0 Å². The summed E-state index contributed by atoms with van der Waals surface area (Å²) < 4.78 is 6.50. The number of rotatable bonds is 13. The number of hydroxylamine groups is 2. The SMILES string of the molecule is CC[C@@H]1ON(Cc2cccc(-c3cc(C(=O)O)cc(N(C)C)c3)c2OCCN(C)C)[C@H](C(=O)N[C@H]2C[C@H]3C[C@@H]([C@@H]2C)C3(C)C)[C@@H]1[C@H](C)O. The van der Waals surface area contributed by atoms with Crippen LogP contribution in [0.2, 0.25) is 0 Å². The average Bonchev–Trinajstić information content (AvgIpc) is 3.40. The molecule has 0 spiro atoms. The number of amides is 1. The van der Waals surface area contributed by atoms with Crippen LogP contribution in [-0.4, -0.2) is 97.7 Å². The number of hydrogen-bond donors (Lipinski definition) is 3.